The van der Waals surface area contributed by atoms with Crippen molar-refractivity contribution < 1.29 is 29.3 Å². The maximum atomic E-state index is 11.8. The normalized spacial score (nSPS) is 35.0. The summed E-state index contributed by atoms with van der Waals surface area (Å²) >= 11 is 0. The number of carboxylic acid groups (broad SMARTS) is 1. The second-order valence-corrected chi connectivity index (χ2v) is 10.4. The molecule has 0 aromatic heterocycles. The van der Waals surface area contributed by atoms with Gasteiger partial charge in [-0.2, -0.15) is 0 Å². The molecule has 1 aromatic rings. The molecule has 0 spiro atoms. The number of carbonyl (C=O) groups excluding carboxylic acids is 1. The average Bonchev–Trinajstić information content (AvgIpc) is 3.08. The van der Waals surface area contributed by atoms with Crippen LogP contribution in [-0.2, 0) is 14.3 Å². The summed E-state index contributed by atoms with van der Waals surface area (Å²) < 4.78 is 11.0. The fourth-order valence-electron chi connectivity index (χ4n) is 7.15. The predicted molar refractivity (Wildman–Crippen MR) is 122 cm³/mol. The zero-order valence-electron chi connectivity index (χ0n) is 19.3. The van der Waals surface area contributed by atoms with Gasteiger partial charge >= 0.3 is 11.9 Å². The number of fused-ring (bicyclic) bond motifs is 4. The van der Waals surface area contributed by atoms with Crippen molar-refractivity contribution in [2.45, 2.75) is 63.9 Å². The Labute approximate surface area is 194 Å². The number of ether oxygens (including phenoxy) is 2. The molecule has 3 aliphatic carbocycles. The van der Waals surface area contributed by atoms with Crippen molar-refractivity contribution in [3.8, 4) is 0 Å². The van der Waals surface area contributed by atoms with Crippen molar-refractivity contribution in [3.05, 3.63) is 58.4 Å². The second kappa shape index (κ2) is 8.01. The maximum Gasteiger partial charge on any atom is 0.335 e. The lowest BCUT2D eigenvalue weighted by atomic mass is 9.51. The van der Waals surface area contributed by atoms with Crippen LogP contribution in [0.15, 0.2) is 47.2 Å². The van der Waals surface area contributed by atoms with Gasteiger partial charge in [0.1, 0.15) is 12.2 Å². The molecule has 1 aliphatic heterocycles. The third-order valence-electron chi connectivity index (χ3n) is 8.87. The lowest BCUT2D eigenvalue weighted by Gasteiger charge is -2.54. The highest BCUT2D eigenvalue weighted by Gasteiger charge is 2.63. The first kappa shape index (κ1) is 22.2. The van der Waals surface area contributed by atoms with E-state index in [9.17, 15) is 19.8 Å². The van der Waals surface area contributed by atoms with Crippen LogP contribution in [0.5, 0.6) is 0 Å². The SMILES string of the molecule is CC(=O)OC[C@]1(O)CCC2C3CCC4=COCCC4=C3[C@@H](c3ccc(C(=O)O)cc3)C[C@@]21C. The van der Waals surface area contributed by atoms with Gasteiger partial charge in [0, 0.05) is 24.7 Å². The van der Waals surface area contributed by atoms with Crippen molar-refractivity contribution in [3.63, 3.8) is 0 Å². The van der Waals surface area contributed by atoms with Gasteiger partial charge in [0.2, 0.25) is 0 Å². The lowest BCUT2D eigenvalue weighted by molar-refractivity contribution is -0.163. The fourth-order valence-corrected chi connectivity index (χ4v) is 7.15. The van der Waals surface area contributed by atoms with Crippen molar-refractivity contribution in [1.82, 2.24) is 0 Å². The van der Waals surface area contributed by atoms with E-state index in [1.54, 1.807) is 12.1 Å². The maximum absolute atomic E-state index is 11.8. The summed E-state index contributed by atoms with van der Waals surface area (Å²) in [6, 6.07) is 7.21. The van der Waals surface area contributed by atoms with Crippen molar-refractivity contribution in [2.75, 3.05) is 13.2 Å². The Morgan fingerprint density at radius 1 is 1.18 bits per heavy atom. The summed E-state index contributed by atoms with van der Waals surface area (Å²) in [5.41, 5.74) is 4.04. The highest BCUT2D eigenvalue weighted by atomic mass is 16.5. The van der Waals surface area contributed by atoms with Crippen LogP contribution < -0.4 is 0 Å². The molecule has 2 fully saturated rings. The molecule has 2 unspecified atom stereocenters. The third-order valence-corrected chi connectivity index (χ3v) is 8.87. The number of benzene rings is 1. The van der Waals surface area contributed by atoms with E-state index < -0.39 is 17.0 Å². The summed E-state index contributed by atoms with van der Waals surface area (Å²) in [6.07, 6.45) is 7.08. The first-order chi connectivity index (χ1) is 15.7. The molecule has 1 heterocycles. The zero-order chi connectivity index (χ0) is 23.4. The van der Waals surface area contributed by atoms with E-state index >= 15 is 0 Å². The van der Waals surface area contributed by atoms with Crippen LogP contribution in [0.3, 0.4) is 0 Å². The highest BCUT2D eigenvalue weighted by molar-refractivity contribution is 5.87. The van der Waals surface area contributed by atoms with Crippen LogP contribution in [0.4, 0.5) is 0 Å². The van der Waals surface area contributed by atoms with Crippen molar-refractivity contribution in [2.24, 2.45) is 17.3 Å². The largest absolute Gasteiger partial charge is 0.501 e. The Kier molecular flexibility index (Phi) is 5.39. The number of hydrogen-bond donors (Lipinski definition) is 2. The standard InChI is InChI=1S/C27H32O6/c1-16(28)33-15-27(31)11-9-23-21-8-7-19-14-32-12-10-20(19)24(21)22(13-26(23,27)2)17-3-5-18(6-4-17)25(29)30/h3-6,14,21-23,31H,7-13,15H2,1-2H3,(H,29,30)/t21?,22-,23?,26+,27-/m1/s1. The Morgan fingerprint density at radius 2 is 1.94 bits per heavy atom. The Morgan fingerprint density at radius 3 is 2.64 bits per heavy atom. The summed E-state index contributed by atoms with van der Waals surface area (Å²) in [5.74, 6) is -0.553. The van der Waals surface area contributed by atoms with Gasteiger partial charge in [-0.05, 0) is 72.8 Å². The molecule has 33 heavy (non-hydrogen) atoms. The van der Waals surface area contributed by atoms with E-state index in [4.69, 9.17) is 9.47 Å². The van der Waals surface area contributed by atoms with E-state index in [0.29, 0.717) is 24.9 Å². The zero-order valence-corrected chi connectivity index (χ0v) is 19.3. The van der Waals surface area contributed by atoms with E-state index in [-0.39, 0.29) is 24.1 Å². The number of carbonyl (C=O) groups is 2. The first-order valence-electron chi connectivity index (χ1n) is 12.0. The monoisotopic (exact) mass is 452 g/mol. The molecule has 2 saturated carbocycles. The van der Waals surface area contributed by atoms with Gasteiger partial charge in [-0.25, -0.2) is 4.79 Å². The molecule has 0 saturated heterocycles. The van der Waals surface area contributed by atoms with Crippen molar-refractivity contribution >= 4 is 11.9 Å². The summed E-state index contributed by atoms with van der Waals surface area (Å²) in [7, 11) is 0. The minimum absolute atomic E-state index is 0.0254. The minimum Gasteiger partial charge on any atom is -0.501 e. The van der Waals surface area contributed by atoms with Crippen LogP contribution in [-0.4, -0.2) is 41.0 Å². The first-order valence-corrected chi connectivity index (χ1v) is 12.0. The van der Waals surface area contributed by atoms with E-state index in [1.165, 1.54) is 23.6 Å². The van der Waals surface area contributed by atoms with Gasteiger partial charge in [-0.15, -0.1) is 0 Å². The van der Waals surface area contributed by atoms with Crippen LogP contribution in [0.2, 0.25) is 0 Å². The molecular weight excluding hydrogens is 420 g/mol. The number of aliphatic hydroxyl groups is 1. The van der Waals surface area contributed by atoms with Crippen LogP contribution in [0.25, 0.3) is 0 Å². The molecular formula is C27H32O6. The quantitative estimate of drug-likeness (QED) is 0.649. The average molecular weight is 453 g/mol. The molecule has 176 valence electrons. The fraction of sp³-hybridized carbons (Fsp3) is 0.556. The molecule has 2 N–H and O–H groups in total. The topological polar surface area (TPSA) is 93.1 Å². The molecule has 5 rings (SSSR count). The van der Waals surface area contributed by atoms with Gasteiger partial charge in [0.15, 0.2) is 0 Å². The molecule has 5 atom stereocenters. The van der Waals surface area contributed by atoms with Gasteiger partial charge in [0.05, 0.1) is 18.4 Å². The number of hydrogen-bond acceptors (Lipinski definition) is 5. The number of carboxylic acids is 1. The molecule has 4 aliphatic rings. The van der Waals surface area contributed by atoms with Crippen LogP contribution in [0, 0.1) is 17.3 Å². The molecule has 0 amide bonds. The molecule has 6 nitrogen and oxygen atoms in total. The number of rotatable bonds is 4. The summed E-state index contributed by atoms with van der Waals surface area (Å²) in [4.78, 5) is 23.0. The van der Waals surface area contributed by atoms with E-state index in [0.717, 1.165) is 37.7 Å². The van der Waals surface area contributed by atoms with Crippen LogP contribution in [0.1, 0.15) is 74.2 Å². The van der Waals surface area contributed by atoms with Crippen molar-refractivity contribution in [1.29, 1.82) is 0 Å². The molecule has 1 aromatic carbocycles. The predicted octanol–water partition coefficient (Wildman–Crippen LogP) is 4.59. The molecule has 0 bridgehead atoms. The van der Waals surface area contributed by atoms with Crippen LogP contribution >= 0.6 is 0 Å². The highest BCUT2D eigenvalue weighted by Crippen LogP contribution is 2.66. The van der Waals surface area contributed by atoms with E-state index in [2.05, 4.69) is 6.92 Å². The summed E-state index contributed by atoms with van der Waals surface area (Å²) in [5, 5.41) is 21.2. The molecule has 6 heteroatoms. The third kappa shape index (κ3) is 3.50. The number of esters is 1. The lowest BCUT2D eigenvalue weighted by Crippen LogP contribution is -2.54. The van der Waals surface area contributed by atoms with Gasteiger partial charge < -0.3 is 19.7 Å². The summed E-state index contributed by atoms with van der Waals surface area (Å²) in [6.45, 7) is 4.26. The van der Waals surface area contributed by atoms with Gasteiger partial charge in [0.25, 0.3) is 0 Å². The number of allylic oxidation sites excluding steroid dienone is 2. The van der Waals surface area contributed by atoms with Gasteiger partial charge in [-0.1, -0.05) is 24.6 Å². The number of aromatic carboxylic acids is 1. The smallest absolute Gasteiger partial charge is 0.335 e. The Hall–Kier alpha value is -2.60. The second-order valence-electron chi connectivity index (χ2n) is 10.4. The van der Waals surface area contributed by atoms with Gasteiger partial charge in [-0.3, -0.25) is 4.79 Å². The van der Waals surface area contributed by atoms with E-state index in [1.807, 2.05) is 18.4 Å². The minimum atomic E-state index is -1.06. The Balaban J connectivity index is 1.61. The Bertz CT molecular complexity index is 1040. The molecule has 0 radical (unpaired) electrons.